The van der Waals surface area contributed by atoms with Crippen molar-refractivity contribution in [2.75, 3.05) is 13.2 Å². The molecule has 0 spiro atoms. The molecule has 18 heavy (non-hydrogen) atoms. The standard InChI is InChI=1S/C13H24O5/c1-3-4-5-6-7-10(2)13(17)18-9-12(16)11(15)8-14/h7,11-12,14-16H,3-6,8-9H2,1-2H3/t11-,12+/m1/s1. The molecule has 0 unspecified atom stereocenters. The van der Waals surface area contributed by atoms with Crippen LogP contribution in [0.2, 0.25) is 0 Å². The van der Waals surface area contributed by atoms with Crippen LogP contribution in [0.5, 0.6) is 0 Å². The minimum atomic E-state index is -1.29. The Morgan fingerprint density at radius 2 is 1.94 bits per heavy atom. The lowest BCUT2D eigenvalue weighted by Crippen LogP contribution is -2.34. The van der Waals surface area contributed by atoms with E-state index in [-0.39, 0.29) is 6.61 Å². The van der Waals surface area contributed by atoms with E-state index in [1.165, 1.54) is 0 Å². The smallest absolute Gasteiger partial charge is 0.333 e. The van der Waals surface area contributed by atoms with Crippen LogP contribution in [-0.2, 0) is 9.53 Å². The highest BCUT2D eigenvalue weighted by Crippen LogP contribution is 2.05. The molecule has 0 aromatic heterocycles. The largest absolute Gasteiger partial charge is 0.459 e. The van der Waals surface area contributed by atoms with E-state index in [9.17, 15) is 9.90 Å². The summed E-state index contributed by atoms with van der Waals surface area (Å²) in [6, 6.07) is 0. The van der Waals surface area contributed by atoms with E-state index in [1.54, 1.807) is 6.92 Å². The zero-order valence-corrected chi connectivity index (χ0v) is 11.1. The number of aliphatic hydroxyl groups is 3. The molecule has 3 N–H and O–H groups in total. The van der Waals surface area contributed by atoms with Gasteiger partial charge in [-0.15, -0.1) is 0 Å². The summed E-state index contributed by atoms with van der Waals surface area (Å²) in [4.78, 5) is 11.5. The predicted molar refractivity (Wildman–Crippen MR) is 68.0 cm³/mol. The summed E-state index contributed by atoms with van der Waals surface area (Å²) in [6.07, 6.45) is 3.39. The van der Waals surface area contributed by atoms with Gasteiger partial charge in [-0.3, -0.25) is 0 Å². The quantitative estimate of drug-likeness (QED) is 0.324. The molecule has 0 bridgehead atoms. The van der Waals surface area contributed by atoms with Gasteiger partial charge in [-0.1, -0.05) is 25.8 Å². The van der Waals surface area contributed by atoms with Crippen molar-refractivity contribution in [3.8, 4) is 0 Å². The monoisotopic (exact) mass is 260 g/mol. The Morgan fingerprint density at radius 3 is 2.50 bits per heavy atom. The third-order valence-corrected chi connectivity index (χ3v) is 2.60. The molecule has 0 saturated carbocycles. The SMILES string of the molecule is CCCCCC=C(C)C(=O)OC[C@H](O)[C@H](O)CO. The first kappa shape index (κ1) is 17.1. The van der Waals surface area contributed by atoms with Gasteiger partial charge >= 0.3 is 5.97 Å². The molecule has 0 aliphatic rings. The van der Waals surface area contributed by atoms with E-state index in [4.69, 9.17) is 14.9 Å². The topological polar surface area (TPSA) is 87.0 Å². The van der Waals surface area contributed by atoms with Crippen LogP contribution in [0.1, 0.15) is 39.5 Å². The summed E-state index contributed by atoms with van der Waals surface area (Å²) in [5.74, 6) is -0.504. The maximum Gasteiger partial charge on any atom is 0.333 e. The van der Waals surface area contributed by atoms with Crippen LogP contribution in [0.3, 0.4) is 0 Å². The van der Waals surface area contributed by atoms with Crippen LogP contribution in [-0.4, -0.2) is 46.7 Å². The second-order valence-electron chi connectivity index (χ2n) is 4.30. The van der Waals surface area contributed by atoms with E-state index in [1.807, 2.05) is 6.08 Å². The van der Waals surface area contributed by atoms with Crippen LogP contribution in [0.15, 0.2) is 11.6 Å². The molecule has 0 aromatic rings. The lowest BCUT2D eigenvalue weighted by Gasteiger charge is -2.15. The first-order valence-electron chi connectivity index (χ1n) is 6.33. The Morgan fingerprint density at radius 1 is 1.28 bits per heavy atom. The molecular formula is C13H24O5. The summed E-state index contributed by atoms with van der Waals surface area (Å²) >= 11 is 0. The van der Waals surface area contributed by atoms with E-state index >= 15 is 0 Å². The van der Waals surface area contributed by atoms with Gasteiger partial charge in [0.1, 0.15) is 18.8 Å². The fraction of sp³-hybridized carbons (Fsp3) is 0.769. The fourth-order valence-corrected chi connectivity index (χ4v) is 1.30. The van der Waals surface area contributed by atoms with Gasteiger partial charge in [0.2, 0.25) is 0 Å². The zero-order valence-electron chi connectivity index (χ0n) is 11.1. The van der Waals surface area contributed by atoms with Crippen LogP contribution in [0.25, 0.3) is 0 Å². The Bertz CT molecular complexity index is 262. The molecule has 0 amide bonds. The van der Waals surface area contributed by atoms with E-state index in [2.05, 4.69) is 6.92 Å². The molecule has 0 heterocycles. The third-order valence-electron chi connectivity index (χ3n) is 2.60. The maximum absolute atomic E-state index is 11.5. The van der Waals surface area contributed by atoms with Crippen molar-refractivity contribution in [3.63, 3.8) is 0 Å². The van der Waals surface area contributed by atoms with Crippen LogP contribution in [0.4, 0.5) is 0 Å². The average Bonchev–Trinajstić information content (AvgIpc) is 2.39. The second kappa shape index (κ2) is 10.1. The number of hydrogen-bond acceptors (Lipinski definition) is 5. The number of hydrogen-bond donors (Lipinski definition) is 3. The van der Waals surface area contributed by atoms with E-state index < -0.39 is 24.8 Å². The molecule has 0 radical (unpaired) electrons. The van der Waals surface area contributed by atoms with Gasteiger partial charge in [-0.25, -0.2) is 4.79 Å². The van der Waals surface area contributed by atoms with Gasteiger partial charge < -0.3 is 20.1 Å². The summed E-state index contributed by atoms with van der Waals surface area (Å²) in [5.41, 5.74) is 0.497. The molecule has 0 fully saturated rings. The normalized spacial score (nSPS) is 15.3. The van der Waals surface area contributed by atoms with Crippen molar-refractivity contribution in [2.24, 2.45) is 0 Å². The first-order valence-corrected chi connectivity index (χ1v) is 6.33. The first-order chi connectivity index (χ1) is 8.52. The number of allylic oxidation sites excluding steroid dienone is 1. The van der Waals surface area contributed by atoms with E-state index in [0.717, 1.165) is 25.7 Å². The molecule has 0 rings (SSSR count). The zero-order chi connectivity index (χ0) is 14.0. The summed E-state index contributed by atoms with van der Waals surface area (Å²) in [7, 11) is 0. The minimum Gasteiger partial charge on any atom is -0.459 e. The number of esters is 1. The summed E-state index contributed by atoms with van der Waals surface area (Å²) in [6.45, 7) is 2.88. The van der Waals surface area contributed by atoms with Crippen LogP contribution < -0.4 is 0 Å². The lowest BCUT2D eigenvalue weighted by atomic mass is 10.1. The van der Waals surface area contributed by atoms with Crippen molar-refractivity contribution < 1.29 is 24.9 Å². The third kappa shape index (κ3) is 7.42. The maximum atomic E-state index is 11.5. The van der Waals surface area contributed by atoms with Crippen molar-refractivity contribution in [3.05, 3.63) is 11.6 Å². The van der Waals surface area contributed by atoms with Gasteiger partial charge in [-0.05, 0) is 19.8 Å². The minimum absolute atomic E-state index is 0.319. The highest BCUT2D eigenvalue weighted by molar-refractivity contribution is 5.87. The van der Waals surface area contributed by atoms with Crippen LogP contribution in [0, 0.1) is 0 Å². The van der Waals surface area contributed by atoms with Crippen molar-refractivity contribution in [1.82, 2.24) is 0 Å². The fourth-order valence-electron chi connectivity index (χ4n) is 1.30. The average molecular weight is 260 g/mol. The van der Waals surface area contributed by atoms with E-state index in [0.29, 0.717) is 5.57 Å². The molecule has 106 valence electrons. The number of rotatable bonds is 9. The summed E-state index contributed by atoms with van der Waals surface area (Å²) < 4.78 is 4.82. The molecular weight excluding hydrogens is 236 g/mol. The van der Waals surface area contributed by atoms with Gasteiger partial charge in [0.25, 0.3) is 0 Å². The molecule has 0 saturated heterocycles. The number of ether oxygens (including phenoxy) is 1. The Balaban J connectivity index is 3.93. The molecule has 0 aliphatic carbocycles. The Hall–Kier alpha value is -0.910. The Labute approximate surface area is 108 Å². The van der Waals surface area contributed by atoms with Gasteiger partial charge in [0.15, 0.2) is 0 Å². The van der Waals surface area contributed by atoms with Gasteiger partial charge in [0, 0.05) is 5.57 Å². The molecule has 5 heteroatoms. The predicted octanol–water partition coefficient (Wildman–Crippen LogP) is 0.770. The molecule has 2 atom stereocenters. The van der Waals surface area contributed by atoms with Gasteiger partial charge in [0.05, 0.1) is 6.61 Å². The summed E-state index contributed by atoms with van der Waals surface area (Å²) in [5, 5.41) is 26.9. The second-order valence-corrected chi connectivity index (χ2v) is 4.30. The number of aliphatic hydroxyl groups excluding tert-OH is 3. The highest BCUT2D eigenvalue weighted by atomic mass is 16.5. The number of unbranched alkanes of at least 4 members (excludes halogenated alkanes) is 3. The molecule has 0 aliphatic heterocycles. The van der Waals surface area contributed by atoms with Crippen LogP contribution >= 0.6 is 0 Å². The number of carbonyl (C=O) groups excluding carboxylic acids is 1. The Kier molecular flexibility index (Phi) is 9.55. The lowest BCUT2D eigenvalue weighted by molar-refractivity contribution is -0.145. The molecule has 0 aromatic carbocycles. The van der Waals surface area contributed by atoms with Crippen molar-refractivity contribution in [1.29, 1.82) is 0 Å². The highest BCUT2D eigenvalue weighted by Gasteiger charge is 2.17. The van der Waals surface area contributed by atoms with Gasteiger partial charge in [-0.2, -0.15) is 0 Å². The number of carbonyl (C=O) groups is 1. The van der Waals surface area contributed by atoms with Crippen molar-refractivity contribution in [2.45, 2.75) is 51.7 Å². The van der Waals surface area contributed by atoms with Crippen molar-refractivity contribution >= 4 is 5.97 Å². The molecule has 5 nitrogen and oxygen atoms in total.